The first kappa shape index (κ1) is 37.6. The van der Waals surface area contributed by atoms with E-state index in [0.717, 1.165) is 22.7 Å². The lowest BCUT2D eigenvalue weighted by atomic mass is 10.0. The highest BCUT2D eigenvalue weighted by Crippen LogP contribution is 2.54. The molecule has 11 rings (SSSR count). The molecule has 0 aliphatic heterocycles. The minimum Gasteiger partial charge on any atom is -0.309 e. The number of fused-ring (bicyclic) bond motifs is 8. The first-order valence-corrected chi connectivity index (χ1v) is 26.6. The van der Waals surface area contributed by atoms with E-state index >= 15 is 0 Å². The summed E-state index contributed by atoms with van der Waals surface area (Å²) in [6, 6.07) is 70.1. The molecular formula is C56H49N3S2. The molecule has 0 saturated carbocycles. The van der Waals surface area contributed by atoms with Crippen LogP contribution >= 0.6 is 20.1 Å². The molecule has 5 heteroatoms. The fraction of sp³-hybridized carbons (Fsp3) is 0.107. The smallest absolute Gasteiger partial charge is 0.0620 e. The van der Waals surface area contributed by atoms with E-state index in [1.54, 1.807) is 0 Å². The monoisotopic (exact) mass is 827 g/mol. The number of rotatable bonds is 8. The average molecular weight is 828 g/mol. The number of para-hydroxylation sites is 5. The maximum absolute atomic E-state index is 2.54. The maximum Gasteiger partial charge on any atom is 0.0620 e. The molecule has 3 nitrogen and oxygen atoms in total. The third-order valence-electron chi connectivity index (χ3n) is 12.3. The summed E-state index contributed by atoms with van der Waals surface area (Å²) >= 11 is 0. The predicted octanol–water partition coefficient (Wildman–Crippen LogP) is 16.2. The van der Waals surface area contributed by atoms with Gasteiger partial charge in [0.05, 0.1) is 27.9 Å². The van der Waals surface area contributed by atoms with Crippen LogP contribution in [0.15, 0.2) is 198 Å². The van der Waals surface area contributed by atoms with E-state index in [1.165, 1.54) is 80.8 Å². The quantitative estimate of drug-likeness (QED) is 0.151. The van der Waals surface area contributed by atoms with Crippen LogP contribution in [0.4, 0.5) is 34.1 Å². The largest absolute Gasteiger partial charge is 0.309 e. The second-order valence-corrected chi connectivity index (χ2v) is 26.0. The van der Waals surface area contributed by atoms with Crippen molar-refractivity contribution in [2.75, 3.05) is 47.3 Å². The summed E-state index contributed by atoms with van der Waals surface area (Å²) < 4.78 is 2.54. The van der Waals surface area contributed by atoms with Gasteiger partial charge in [0.25, 0.3) is 0 Å². The Kier molecular flexibility index (Phi) is 8.68. The summed E-state index contributed by atoms with van der Waals surface area (Å²) in [7, 11) is -2.04. The van der Waals surface area contributed by atoms with Crippen molar-refractivity contribution in [3.05, 3.63) is 188 Å². The Morgan fingerprint density at radius 3 is 1.16 bits per heavy atom. The Labute approximate surface area is 361 Å². The second kappa shape index (κ2) is 14.1. The molecule has 0 saturated heterocycles. The number of anilines is 6. The van der Waals surface area contributed by atoms with Gasteiger partial charge < -0.3 is 14.2 Å². The van der Waals surface area contributed by atoms with Crippen LogP contribution in [0.5, 0.6) is 0 Å². The van der Waals surface area contributed by atoms with Crippen LogP contribution in [0.3, 0.4) is 0 Å². The Bertz CT molecular complexity index is 3220. The number of hydrogen-bond acceptors (Lipinski definition) is 2. The molecule has 11 aromatic rings. The lowest BCUT2D eigenvalue weighted by Crippen LogP contribution is -2.12. The first-order valence-electron chi connectivity index (χ1n) is 20.9. The zero-order valence-electron chi connectivity index (χ0n) is 35.6. The van der Waals surface area contributed by atoms with Gasteiger partial charge in [0.2, 0.25) is 0 Å². The molecule has 0 atom stereocenters. The zero-order valence-corrected chi connectivity index (χ0v) is 37.2. The van der Waals surface area contributed by atoms with E-state index in [4.69, 9.17) is 0 Å². The third kappa shape index (κ3) is 6.21. The molecule has 61 heavy (non-hydrogen) atoms. The number of hydrogen-bond donors (Lipinski definition) is 0. The molecule has 0 radical (unpaired) electrons. The third-order valence-corrected chi connectivity index (χ3v) is 15.6. The Hall–Kier alpha value is -6.40. The van der Waals surface area contributed by atoms with E-state index in [9.17, 15) is 0 Å². The van der Waals surface area contributed by atoms with E-state index < -0.39 is 20.1 Å². The van der Waals surface area contributed by atoms with Gasteiger partial charge in [0.15, 0.2) is 0 Å². The lowest BCUT2D eigenvalue weighted by molar-refractivity contribution is 1.23. The molecule has 2 heterocycles. The maximum atomic E-state index is 2.54. The van der Waals surface area contributed by atoms with Crippen LogP contribution in [-0.2, 0) is 0 Å². The Balaban J connectivity index is 1.13. The van der Waals surface area contributed by atoms with Gasteiger partial charge >= 0.3 is 0 Å². The van der Waals surface area contributed by atoms with Crippen molar-refractivity contribution in [3.63, 3.8) is 0 Å². The fourth-order valence-electron chi connectivity index (χ4n) is 9.54. The SMILES string of the molecule is CS(C)(C)c1ccccc1N(c1ccccc1)c1ccc2cc3c4cccc5c6cc7ccc(N(c8ccccc8)c8ccccc8S(C)(C)C)cc7cc6n(c3cc2c1)c45. The van der Waals surface area contributed by atoms with Gasteiger partial charge in [-0.15, -0.1) is 0 Å². The van der Waals surface area contributed by atoms with Gasteiger partial charge in [-0.25, -0.2) is 20.1 Å². The van der Waals surface area contributed by atoms with Gasteiger partial charge in [0.1, 0.15) is 0 Å². The molecule has 0 unspecified atom stereocenters. The summed E-state index contributed by atoms with van der Waals surface area (Å²) in [5.74, 6) is 0. The van der Waals surface area contributed by atoms with Crippen molar-refractivity contribution in [2.45, 2.75) is 9.79 Å². The summed E-state index contributed by atoms with van der Waals surface area (Å²) in [6.45, 7) is 0. The van der Waals surface area contributed by atoms with Crippen molar-refractivity contribution in [3.8, 4) is 0 Å². The number of benzene rings is 9. The van der Waals surface area contributed by atoms with Crippen LogP contribution < -0.4 is 9.80 Å². The van der Waals surface area contributed by atoms with E-state index in [1.807, 2.05) is 0 Å². The van der Waals surface area contributed by atoms with Crippen molar-refractivity contribution in [1.29, 1.82) is 0 Å². The van der Waals surface area contributed by atoms with Gasteiger partial charge in [-0.05, 0) is 156 Å². The topological polar surface area (TPSA) is 10.9 Å². The average Bonchev–Trinajstić information content (AvgIpc) is 3.76. The number of nitrogens with zero attached hydrogens (tertiary/aromatic N) is 3. The normalized spacial score (nSPS) is 13.0. The van der Waals surface area contributed by atoms with Crippen LogP contribution in [0.25, 0.3) is 59.6 Å². The van der Waals surface area contributed by atoms with Crippen molar-refractivity contribution in [1.82, 2.24) is 4.40 Å². The lowest BCUT2D eigenvalue weighted by Gasteiger charge is -2.34. The molecule has 9 aromatic carbocycles. The van der Waals surface area contributed by atoms with Crippen molar-refractivity contribution in [2.24, 2.45) is 0 Å². The molecule has 0 bridgehead atoms. The predicted molar refractivity (Wildman–Crippen MR) is 273 cm³/mol. The van der Waals surface area contributed by atoms with E-state index in [-0.39, 0.29) is 0 Å². The molecule has 0 amide bonds. The Morgan fingerprint density at radius 1 is 0.328 bits per heavy atom. The van der Waals surface area contributed by atoms with Crippen molar-refractivity contribution >= 4 is 114 Å². The van der Waals surface area contributed by atoms with Gasteiger partial charge in [-0.2, -0.15) is 0 Å². The molecule has 300 valence electrons. The van der Waals surface area contributed by atoms with Crippen LogP contribution in [-0.4, -0.2) is 41.9 Å². The first-order chi connectivity index (χ1) is 29.5. The fourth-order valence-corrected chi connectivity index (χ4v) is 12.1. The van der Waals surface area contributed by atoms with Gasteiger partial charge in [0, 0.05) is 54.1 Å². The summed E-state index contributed by atoms with van der Waals surface area (Å²) in [5.41, 5.74) is 10.9. The highest BCUT2D eigenvalue weighted by Gasteiger charge is 2.24. The molecule has 0 N–H and O–H groups in total. The Morgan fingerprint density at radius 2 is 0.738 bits per heavy atom. The molecule has 0 fully saturated rings. The molecular weight excluding hydrogens is 779 g/mol. The molecule has 0 aliphatic rings. The minimum absolute atomic E-state index is 1.02. The van der Waals surface area contributed by atoms with Crippen molar-refractivity contribution < 1.29 is 0 Å². The summed E-state index contributed by atoms with van der Waals surface area (Å²) in [6.07, 6.45) is 14.3. The second-order valence-electron chi connectivity index (χ2n) is 17.8. The highest BCUT2D eigenvalue weighted by atomic mass is 32.3. The van der Waals surface area contributed by atoms with Gasteiger partial charge in [-0.1, -0.05) is 91.0 Å². The highest BCUT2D eigenvalue weighted by molar-refractivity contribution is 8.32. The van der Waals surface area contributed by atoms with E-state index in [0.29, 0.717) is 0 Å². The standard InChI is InChI=1S/C56H49N3S2/c1-60(2,3)54-26-15-13-24-50(54)57(42-18-9-7-10-19-42)44-30-28-38-34-48-46-22-17-23-47-49-35-39-29-31-45(33-41(39)37-53(49)59(56(46)47)52(48)36-40(38)32-44)58(43-20-11-8-12-21-43)51-25-14-16-27-55(51)61(4,5)6/h7-37H,1-6H3. The zero-order chi connectivity index (χ0) is 41.6. The number of aromatic nitrogens is 1. The van der Waals surface area contributed by atoms with Gasteiger partial charge in [-0.3, -0.25) is 0 Å². The molecule has 2 aromatic heterocycles. The summed E-state index contributed by atoms with van der Waals surface area (Å²) in [5, 5.41) is 10.1. The summed E-state index contributed by atoms with van der Waals surface area (Å²) in [4.78, 5) is 7.68. The van der Waals surface area contributed by atoms with Crippen LogP contribution in [0.1, 0.15) is 0 Å². The van der Waals surface area contributed by atoms with Crippen LogP contribution in [0.2, 0.25) is 0 Å². The van der Waals surface area contributed by atoms with E-state index in [2.05, 4.69) is 240 Å². The molecule has 0 spiro atoms. The molecule has 0 aliphatic carbocycles. The minimum atomic E-state index is -1.02. The van der Waals surface area contributed by atoms with Crippen LogP contribution in [0, 0.1) is 0 Å².